The van der Waals surface area contributed by atoms with Crippen LogP contribution in [0.2, 0.25) is 0 Å². The Morgan fingerprint density at radius 3 is 1.04 bits per heavy atom. The smallest absolute Gasteiger partial charge is 0.0688 e. The van der Waals surface area contributed by atoms with Crippen molar-refractivity contribution >= 4 is 23.8 Å². The molecule has 0 bridgehead atoms. The van der Waals surface area contributed by atoms with Gasteiger partial charge in [0.1, 0.15) is 0 Å². The highest BCUT2D eigenvalue weighted by atomic mass is 14.8. The molecule has 2 nitrogen and oxygen atoms in total. The molecule has 0 aliphatic heterocycles. The van der Waals surface area contributed by atoms with Crippen molar-refractivity contribution in [2.24, 2.45) is 9.98 Å². The van der Waals surface area contributed by atoms with E-state index in [1.54, 1.807) is 12.4 Å². The molecule has 2 aromatic rings. The van der Waals surface area contributed by atoms with Gasteiger partial charge in [0.2, 0.25) is 0 Å². The summed E-state index contributed by atoms with van der Waals surface area (Å²) >= 11 is 0. The van der Waals surface area contributed by atoms with E-state index in [1.807, 2.05) is 13.8 Å². The van der Waals surface area contributed by atoms with Crippen molar-refractivity contribution in [3.63, 3.8) is 0 Å². The van der Waals surface area contributed by atoms with Crippen LogP contribution in [0.5, 0.6) is 0 Å². The molecular formula is C22H30N2. The lowest BCUT2D eigenvalue weighted by Gasteiger charge is -2.06. The maximum atomic E-state index is 4.56. The van der Waals surface area contributed by atoms with E-state index >= 15 is 0 Å². The Labute approximate surface area is 147 Å². The van der Waals surface area contributed by atoms with Gasteiger partial charge in [0.25, 0.3) is 0 Å². The minimum absolute atomic E-state index is 1.04. The van der Waals surface area contributed by atoms with Crippen molar-refractivity contribution in [3.8, 4) is 0 Å². The summed E-state index contributed by atoms with van der Waals surface area (Å²) in [6.07, 6.45) is 3.56. The normalized spacial score (nSPS) is 11.0. The Balaban J connectivity index is 0.00000139. The van der Waals surface area contributed by atoms with Gasteiger partial charge in [-0.05, 0) is 63.8 Å². The van der Waals surface area contributed by atoms with Crippen LogP contribution in [0.4, 0.5) is 11.4 Å². The molecule has 0 spiro atoms. The van der Waals surface area contributed by atoms with Gasteiger partial charge in [0, 0.05) is 12.4 Å². The average Bonchev–Trinajstić information content (AvgIpc) is 2.49. The van der Waals surface area contributed by atoms with Crippen LogP contribution >= 0.6 is 0 Å². The van der Waals surface area contributed by atoms with Crippen LogP contribution in [0.1, 0.15) is 47.2 Å². The van der Waals surface area contributed by atoms with Crippen molar-refractivity contribution in [1.29, 1.82) is 0 Å². The fourth-order valence-electron chi connectivity index (χ4n) is 2.97. The van der Waals surface area contributed by atoms with Crippen LogP contribution in [-0.2, 0) is 0 Å². The van der Waals surface area contributed by atoms with Crippen molar-refractivity contribution in [3.05, 3.63) is 57.6 Å². The second-order valence-corrected chi connectivity index (χ2v) is 6.05. The van der Waals surface area contributed by atoms with Crippen molar-refractivity contribution < 1.29 is 0 Å². The monoisotopic (exact) mass is 322 g/mol. The van der Waals surface area contributed by atoms with E-state index in [4.69, 9.17) is 0 Å². The number of hydrogen-bond donors (Lipinski definition) is 0. The first kappa shape index (κ1) is 19.8. The van der Waals surface area contributed by atoms with Gasteiger partial charge >= 0.3 is 0 Å². The molecule has 2 rings (SSSR count). The van der Waals surface area contributed by atoms with Crippen LogP contribution in [0.15, 0.2) is 34.3 Å². The second kappa shape index (κ2) is 9.17. The molecule has 0 aliphatic carbocycles. The van der Waals surface area contributed by atoms with Crippen LogP contribution in [0, 0.1) is 41.5 Å². The first-order chi connectivity index (χ1) is 11.4. The van der Waals surface area contributed by atoms with Gasteiger partial charge in [0.15, 0.2) is 0 Å². The first-order valence-electron chi connectivity index (χ1n) is 8.61. The van der Waals surface area contributed by atoms with Gasteiger partial charge < -0.3 is 0 Å². The highest BCUT2D eigenvalue weighted by molar-refractivity contribution is 6.17. The van der Waals surface area contributed by atoms with E-state index in [2.05, 4.69) is 75.8 Å². The lowest BCUT2D eigenvalue weighted by Crippen LogP contribution is -1.86. The average molecular weight is 322 g/mol. The van der Waals surface area contributed by atoms with Crippen molar-refractivity contribution in [2.75, 3.05) is 0 Å². The zero-order valence-corrected chi connectivity index (χ0v) is 16.4. The SMILES string of the molecule is CC.Cc1cc(C)c(N=CC=Nc2c(C)cc(C)cc2C)c(C)c1. The third-order valence-corrected chi connectivity index (χ3v) is 3.74. The molecule has 0 radical (unpaired) electrons. The lowest BCUT2D eigenvalue weighted by atomic mass is 10.1. The van der Waals surface area contributed by atoms with Crippen molar-refractivity contribution in [1.82, 2.24) is 0 Å². The van der Waals surface area contributed by atoms with E-state index < -0.39 is 0 Å². The van der Waals surface area contributed by atoms with Crippen LogP contribution in [-0.4, -0.2) is 12.4 Å². The number of nitrogens with zero attached hydrogens (tertiary/aromatic N) is 2. The molecular weight excluding hydrogens is 292 g/mol. The number of benzene rings is 2. The quantitative estimate of drug-likeness (QED) is 0.564. The summed E-state index contributed by atoms with van der Waals surface area (Å²) in [4.78, 5) is 9.13. The van der Waals surface area contributed by atoms with Gasteiger partial charge in [-0.1, -0.05) is 49.2 Å². The van der Waals surface area contributed by atoms with Gasteiger partial charge in [-0.15, -0.1) is 0 Å². The minimum Gasteiger partial charge on any atom is -0.255 e. The molecule has 0 atom stereocenters. The van der Waals surface area contributed by atoms with E-state index in [0.29, 0.717) is 0 Å². The van der Waals surface area contributed by atoms with E-state index in [-0.39, 0.29) is 0 Å². The largest absolute Gasteiger partial charge is 0.255 e. The molecule has 0 N–H and O–H groups in total. The van der Waals surface area contributed by atoms with Gasteiger partial charge in [-0.3, -0.25) is 9.98 Å². The maximum Gasteiger partial charge on any atom is 0.0688 e. The predicted octanol–water partition coefficient (Wildman–Crippen LogP) is 6.67. The summed E-state index contributed by atoms with van der Waals surface area (Å²) in [5.74, 6) is 0. The standard InChI is InChI=1S/C20H24N2.C2H6/c1-13-9-15(3)19(16(4)10-13)21-7-8-22-20-17(5)11-14(2)12-18(20)6;1-2/h7-12H,1-6H3;1-2H3. The molecule has 0 aliphatic rings. The molecule has 0 saturated heterocycles. The molecule has 0 saturated carbocycles. The third kappa shape index (κ3) is 5.16. The highest BCUT2D eigenvalue weighted by Crippen LogP contribution is 2.25. The summed E-state index contributed by atoms with van der Waals surface area (Å²) in [6.45, 7) is 16.6. The number of aliphatic imine (C=N–C) groups is 2. The Kier molecular flexibility index (Phi) is 7.57. The van der Waals surface area contributed by atoms with E-state index in [0.717, 1.165) is 11.4 Å². The van der Waals surface area contributed by atoms with E-state index in [9.17, 15) is 0 Å². The number of hydrogen-bond acceptors (Lipinski definition) is 2. The van der Waals surface area contributed by atoms with Gasteiger partial charge in [0.05, 0.1) is 11.4 Å². The van der Waals surface area contributed by atoms with Gasteiger partial charge in [-0.2, -0.15) is 0 Å². The molecule has 0 aromatic heterocycles. The Morgan fingerprint density at radius 1 is 0.542 bits per heavy atom. The topological polar surface area (TPSA) is 24.7 Å². The lowest BCUT2D eigenvalue weighted by molar-refractivity contribution is 1.29. The summed E-state index contributed by atoms with van der Waals surface area (Å²) in [5, 5.41) is 0. The number of aryl methyl sites for hydroxylation is 6. The minimum atomic E-state index is 1.04. The molecule has 128 valence electrons. The summed E-state index contributed by atoms with van der Waals surface area (Å²) < 4.78 is 0. The second-order valence-electron chi connectivity index (χ2n) is 6.05. The Bertz CT molecular complexity index is 641. The summed E-state index contributed by atoms with van der Waals surface area (Å²) in [6, 6.07) is 8.63. The molecule has 0 amide bonds. The molecule has 24 heavy (non-hydrogen) atoms. The Hall–Kier alpha value is -2.22. The summed E-state index contributed by atoms with van der Waals surface area (Å²) in [5.41, 5.74) is 9.41. The fraction of sp³-hybridized carbons (Fsp3) is 0.364. The fourth-order valence-corrected chi connectivity index (χ4v) is 2.97. The molecule has 2 aromatic carbocycles. The zero-order chi connectivity index (χ0) is 18.3. The first-order valence-corrected chi connectivity index (χ1v) is 8.61. The summed E-state index contributed by atoms with van der Waals surface area (Å²) in [7, 11) is 0. The zero-order valence-electron chi connectivity index (χ0n) is 16.4. The van der Waals surface area contributed by atoms with E-state index in [1.165, 1.54) is 33.4 Å². The Morgan fingerprint density at radius 2 is 0.792 bits per heavy atom. The van der Waals surface area contributed by atoms with Crippen molar-refractivity contribution in [2.45, 2.75) is 55.4 Å². The third-order valence-electron chi connectivity index (χ3n) is 3.74. The maximum absolute atomic E-state index is 4.56. The van der Waals surface area contributed by atoms with Gasteiger partial charge in [-0.25, -0.2) is 0 Å². The predicted molar refractivity (Wildman–Crippen MR) is 109 cm³/mol. The number of rotatable bonds is 3. The molecule has 0 unspecified atom stereocenters. The van der Waals surface area contributed by atoms with Crippen LogP contribution in [0.25, 0.3) is 0 Å². The molecule has 2 heteroatoms. The van der Waals surface area contributed by atoms with Crippen LogP contribution in [0.3, 0.4) is 0 Å². The van der Waals surface area contributed by atoms with Crippen LogP contribution < -0.4 is 0 Å². The molecule has 0 fully saturated rings. The molecule has 0 heterocycles. The highest BCUT2D eigenvalue weighted by Gasteiger charge is 2.02.